The highest BCUT2D eigenvalue weighted by molar-refractivity contribution is 6.35. The largest absolute Gasteiger partial charge is 0.487 e. The first-order chi connectivity index (χ1) is 9.74. The van der Waals surface area contributed by atoms with Crippen molar-refractivity contribution < 1.29 is 4.74 Å². The highest BCUT2D eigenvalue weighted by Gasteiger charge is 2.06. The van der Waals surface area contributed by atoms with Crippen LogP contribution in [0.1, 0.15) is 5.69 Å². The number of hydrogen-bond acceptors (Lipinski definition) is 3. The molecule has 0 aliphatic heterocycles. The van der Waals surface area contributed by atoms with E-state index in [0.717, 1.165) is 27.2 Å². The third-order valence-corrected chi connectivity index (χ3v) is 3.36. The van der Waals surface area contributed by atoms with Gasteiger partial charge < -0.3 is 10.5 Å². The summed E-state index contributed by atoms with van der Waals surface area (Å²) in [5.74, 6) is 1.28. The fourth-order valence-electron chi connectivity index (χ4n) is 2.09. The van der Waals surface area contributed by atoms with Crippen molar-refractivity contribution >= 4 is 28.2 Å². The highest BCUT2D eigenvalue weighted by atomic mass is 35.5. The normalized spacial score (nSPS) is 10.7. The third kappa shape index (κ3) is 2.53. The maximum atomic E-state index is 6.18. The van der Waals surface area contributed by atoms with E-state index in [9.17, 15) is 0 Å². The molecule has 100 valence electrons. The lowest BCUT2D eigenvalue weighted by Gasteiger charge is -2.10. The van der Waals surface area contributed by atoms with E-state index >= 15 is 0 Å². The van der Waals surface area contributed by atoms with Gasteiger partial charge in [0.25, 0.3) is 0 Å². The molecule has 0 saturated heterocycles. The summed E-state index contributed by atoms with van der Waals surface area (Å²) in [6.07, 6.45) is 0. The molecule has 0 bridgehead atoms. The van der Waals surface area contributed by atoms with Crippen LogP contribution in [0, 0.1) is 0 Å². The van der Waals surface area contributed by atoms with Crippen LogP contribution in [0.25, 0.3) is 10.8 Å². The molecule has 0 radical (unpaired) electrons. The SMILES string of the molecule is Nc1cccc(COc2ccc(Cl)c3ccccc23)n1. The van der Waals surface area contributed by atoms with Gasteiger partial charge in [-0.2, -0.15) is 0 Å². The van der Waals surface area contributed by atoms with Gasteiger partial charge in [-0.25, -0.2) is 4.98 Å². The fourth-order valence-corrected chi connectivity index (χ4v) is 2.32. The Morgan fingerprint density at radius 1 is 0.950 bits per heavy atom. The third-order valence-electron chi connectivity index (χ3n) is 3.03. The van der Waals surface area contributed by atoms with Gasteiger partial charge >= 0.3 is 0 Å². The standard InChI is InChI=1S/C16H13ClN2O/c17-14-8-9-15(13-6-2-1-5-12(13)14)20-10-11-4-3-7-16(18)19-11/h1-9H,10H2,(H2,18,19). The Labute approximate surface area is 122 Å². The van der Waals surface area contributed by atoms with Crippen molar-refractivity contribution in [1.29, 1.82) is 0 Å². The molecule has 4 heteroatoms. The van der Waals surface area contributed by atoms with Crippen molar-refractivity contribution in [2.75, 3.05) is 5.73 Å². The number of nitrogen functional groups attached to an aromatic ring is 1. The van der Waals surface area contributed by atoms with E-state index in [-0.39, 0.29) is 0 Å². The number of rotatable bonds is 3. The number of fused-ring (bicyclic) bond motifs is 1. The van der Waals surface area contributed by atoms with E-state index in [1.807, 2.05) is 48.5 Å². The molecule has 3 rings (SSSR count). The minimum atomic E-state index is 0.372. The molecule has 0 saturated carbocycles. The average Bonchev–Trinajstić information content (AvgIpc) is 2.47. The molecule has 0 aliphatic carbocycles. The zero-order chi connectivity index (χ0) is 13.9. The minimum absolute atomic E-state index is 0.372. The number of ether oxygens (including phenoxy) is 1. The zero-order valence-electron chi connectivity index (χ0n) is 10.7. The van der Waals surface area contributed by atoms with E-state index in [2.05, 4.69) is 4.98 Å². The van der Waals surface area contributed by atoms with Gasteiger partial charge in [-0.3, -0.25) is 0 Å². The van der Waals surface area contributed by atoms with Crippen LogP contribution in [0.4, 0.5) is 5.82 Å². The van der Waals surface area contributed by atoms with Crippen molar-refractivity contribution in [3.63, 3.8) is 0 Å². The number of aromatic nitrogens is 1. The lowest BCUT2D eigenvalue weighted by molar-refractivity contribution is 0.305. The number of benzene rings is 2. The Balaban J connectivity index is 1.90. The molecule has 0 aliphatic rings. The number of pyridine rings is 1. The molecular weight excluding hydrogens is 272 g/mol. The van der Waals surface area contributed by atoms with Crippen molar-refractivity contribution in [2.24, 2.45) is 0 Å². The second-order valence-corrected chi connectivity index (χ2v) is 4.84. The molecule has 3 aromatic rings. The van der Waals surface area contributed by atoms with E-state index in [1.54, 1.807) is 6.07 Å². The maximum Gasteiger partial charge on any atom is 0.130 e. The Morgan fingerprint density at radius 2 is 1.75 bits per heavy atom. The summed E-state index contributed by atoms with van der Waals surface area (Å²) in [5.41, 5.74) is 6.45. The van der Waals surface area contributed by atoms with Gasteiger partial charge in [0.15, 0.2) is 0 Å². The van der Waals surface area contributed by atoms with E-state index in [0.29, 0.717) is 12.4 Å². The lowest BCUT2D eigenvalue weighted by atomic mass is 10.1. The van der Waals surface area contributed by atoms with Crippen LogP contribution in [-0.4, -0.2) is 4.98 Å². The van der Waals surface area contributed by atoms with Gasteiger partial charge in [-0.15, -0.1) is 0 Å². The van der Waals surface area contributed by atoms with Crippen LogP contribution in [0.2, 0.25) is 5.02 Å². The smallest absolute Gasteiger partial charge is 0.130 e. The molecule has 0 fully saturated rings. The molecule has 1 aromatic heterocycles. The second kappa shape index (κ2) is 5.39. The molecule has 1 heterocycles. The number of halogens is 1. The Bertz CT molecular complexity index is 758. The summed E-state index contributed by atoms with van der Waals surface area (Å²) in [7, 11) is 0. The van der Waals surface area contributed by atoms with Crippen molar-refractivity contribution in [1.82, 2.24) is 4.98 Å². The monoisotopic (exact) mass is 284 g/mol. The Morgan fingerprint density at radius 3 is 2.55 bits per heavy atom. The number of anilines is 1. The number of nitrogens with zero attached hydrogens (tertiary/aromatic N) is 1. The number of nitrogens with two attached hydrogens (primary N) is 1. The molecule has 0 spiro atoms. The Hall–Kier alpha value is -2.26. The molecule has 20 heavy (non-hydrogen) atoms. The highest BCUT2D eigenvalue weighted by Crippen LogP contribution is 2.31. The van der Waals surface area contributed by atoms with Gasteiger partial charge in [0.1, 0.15) is 18.2 Å². The summed E-state index contributed by atoms with van der Waals surface area (Å²) in [4.78, 5) is 4.21. The fraction of sp³-hybridized carbons (Fsp3) is 0.0625. The van der Waals surface area contributed by atoms with Crippen LogP contribution in [-0.2, 0) is 6.61 Å². The Kier molecular flexibility index (Phi) is 3.44. The average molecular weight is 285 g/mol. The first kappa shape index (κ1) is 12.8. The van der Waals surface area contributed by atoms with Gasteiger partial charge in [-0.05, 0) is 24.3 Å². The van der Waals surface area contributed by atoms with Crippen molar-refractivity contribution in [3.8, 4) is 5.75 Å². The lowest BCUT2D eigenvalue weighted by Crippen LogP contribution is -2.00. The summed E-state index contributed by atoms with van der Waals surface area (Å²) < 4.78 is 5.84. The number of hydrogen-bond donors (Lipinski definition) is 1. The first-order valence-electron chi connectivity index (χ1n) is 6.25. The van der Waals surface area contributed by atoms with E-state index in [4.69, 9.17) is 22.1 Å². The predicted molar refractivity (Wildman–Crippen MR) is 81.9 cm³/mol. The van der Waals surface area contributed by atoms with Crippen molar-refractivity contribution in [3.05, 3.63) is 65.3 Å². The molecule has 0 atom stereocenters. The predicted octanol–water partition coefficient (Wildman–Crippen LogP) is 4.05. The van der Waals surface area contributed by atoms with Crippen molar-refractivity contribution in [2.45, 2.75) is 6.61 Å². The maximum absolute atomic E-state index is 6.18. The van der Waals surface area contributed by atoms with Gasteiger partial charge in [0.2, 0.25) is 0 Å². The summed E-state index contributed by atoms with van der Waals surface area (Å²) in [6, 6.07) is 17.1. The van der Waals surface area contributed by atoms with E-state index in [1.165, 1.54) is 0 Å². The molecule has 2 aromatic carbocycles. The van der Waals surface area contributed by atoms with Crippen LogP contribution in [0.5, 0.6) is 5.75 Å². The summed E-state index contributed by atoms with van der Waals surface area (Å²) in [5, 5.41) is 2.69. The summed E-state index contributed by atoms with van der Waals surface area (Å²) in [6.45, 7) is 0.372. The molecular formula is C16H13ClN2O. The van der Waals surface area contributed by atoms with Crippen LogP contribution >= 0.6 is 11.6 Å². The quantitative estimate of drug-likeness (QED) is 0.789. The van der Waals surface area contributed by atoms with Crippen LogP contribution < -0.4 is 10.5 Å². The van der Waals surface area contributed by atoms with Crippen LogP contribution in [0.3, 0.4) is 0 Å². The van der Waals surface area contributed by atoms with Gasteiger partial charge in [0.05, 0.1) is 5.69 Å². The van der Waals surface area contributed by atoms with Gasteiger partial charge in [0, 0.05) is 15.8 Å². The zero-order valence-corrected chi connectivity index (χ0v) is 11.5. The molecule has 0 amide bonds. The first-order valence-corrected chi connectivity index (χ1v) is 6.63. The van der Waals surface area contributed by atoms with Gasteiger partial charge in [-0.1, -0.05) is 41.9 Å². The second-order valence-electron chi connectivity index (χ2n) is 4.43. The summed E-state index contributed by atoms with van der Waals surface area (Å²) >= 11 is 6.18. The molecule has 2 N–H and O–H groups in total. The van der Waals surface area contributed by atoms with Crippen LogP contribution in [0.15, 0.2) is 54.6 Å². The minimum Gasteiger partial charge on any atom is -0.487 e. The molecule has 3 nitrogen and oxygen atoms in total. The van der Waals surface area contributed by atoms with E-state index < -0.39 is 0 Å². The molecule has 0 unspecified atom stereocenters. The topological polar surface area (TPSA) is 48.1 Å².